The van der Waals surface area contributed by atoms with Crippen LogP contribution in [-0.2, 0) is 50.3 Å². The van der Waals surface area contributed by atoms with E-state index in [2.05, 4.69) is 113 Å². The van der Waals surface area contributed by atoms with Crippen LogP contribution in [0.4, 0.5) is 0 Å². The number of hydrogen-bond acceptors (Lipinski definition) is 14. The van der Waals surface area contributed by atoms with E-state index in [1.165, 1.54) is 0 Å². The van der Waals surface area contributed by atoms with Crippen LogP contribution in [0.3, 0.4) is 0 Å². The molecule has 0 atom stereocenters. The van der Waals surface area contributed by atoms with Crippen molar-refractivity contribution in [3.05, 3.63) is 68.4 Å². The van der Waals surface area contributed by atoms with Gasteiger partial charge in [-0.05, 0) is 97.9 Å². The molecule has 296 valence electrons. The monoisotopic (exact) mass is 752 g/mol. The number of aliphatic hydroxyl groups is 1. The third-order valence-electron chi connectivity index (χ3n) is 7.90. The van der Waals surface area contributed by atoms with Gasteiger partial charge in [0.1, 0.15) is 0 Å². The van der Waals surface area contributed by atoms with Gasteiger partial charge in [-0.25, -0.2) is 9.36 Å². The van der Waals surface area contributed by atoms with Crippen molar-refractivity contribution < 1.29 is 5.11 Å². The van der Waals surface area contributed by atoms with E-state index in [1.807, 2.05) is 38.8 Å². The first-order valence-corrected chi connectivity index (χ1v) is 18.2. The van der Waals surface area contributed by atoms with Crippen molar-refractivity contribution >= 4 is 0 Å². The van der Waals surface area contributed by atoms with Gasteiger partial charge >= 0.3 is 0 Å². The molecule has 0 radical (unpaired) electrons. The predicted molar refractivity (Wildman–Crippen MR) is 201 cm³/mol. The molecule has 22 heteroatoms. The third kappa shape index (κ3) is 15.9. The summed E-state index contributed by atoms with van der Waals surface area (Å²) in [7, 11) is 0. The van der Waals surface area contributed by atoms with Gasteiger partial charge in [0.25, 0.3) is 0 Å². The molecule has 0 bridgehead atoms. The fraction of sp³-hybridized carbons (Fsp3) is 0.750. The molecule has 0 spiro atoms. The topological polar surface area (TPSA) is 273 Å². The van der Waals surface area contributed by atoms with Gasteiger partial charge in [0.2, 0.25) is 0 Å². The molecule has 0 amide bonds. The van der Waals surface area contributed by atoms with Crippen molar-refractivity contribution in [1.29, 1.82) is 0 Å². The molecule has 0 fully saturated rings. The Morgan fingerprint density at radius 1 is 0.630 bits per heavy atom. The quantitative estimate of drug-likeness (QED) is 0.0506. The second-order valence-corrected chi connectivity index (χ2v) is 14.9. The molecule has 4 rings (SSSR count). The molecular weight excluding hydrogens is 694 g/mol. The second kappa shape index (κ2) is 22.3. The molecule has 4 aromatic rings. The van der Waals surface area contributed by atoms with Crippen LogP contribution in [0, 0.1) is 0 Å². The van der Waals surface area contributed by atoms with Crippen molar-refractivity contribution in [3.63, 3.8) is 0 Å². The molecule has 0 saturated heterocycles. The predicted octanol–water partition coefficient (Wildman–Crippen LogP) is 3.39. The first-order chi connectivity index (χ1) is 25.8. The molecule has 3 N–H and O–H groups in total. The summed E-state index contributed by atoms with van der Waals surface area (Å²) in [5.41, 5.74) is 25.7. The van der Waals surface area contributed by atoms with E-state index >= 15 is 0 Å². The normalized spacial score (nSPS) is 11.7. The van der Waals surface area contributed by atoms with Crippen LogP contribution in [0.25, 0.3) is 20.9 Å². The lowest BCUT2D eigenvalue weighted by Gasteiger charge is -2.20. The number of hydrogen-bond donors (Lipinski definition) is 2. The summed E-state index contributed by atoms with van der Waals surface area (Å²) < 4.78 is 7.27. The highest BCUT2D eigenvalue weighted by Gasteiger charge is 2.19. The van der Waals surface area contributed by atoms with Crippen LogP contribution in [0.1, 0.15) is 90.0 Å². The number of azide groups is 2. The standard InChI is InChI=1S/C16H29N11.C16H28N10O/c1-16(2,3)27-13-15(21-24-27)11-25(8-5-7-19-22-18)10-14-12-26(23-20-14)9-4-6-17;1-16(2,3)26-13-15(20-23-26)11-24(7-4-6-18-21-17)10-14-12-25(22-19-14)8-5-9-27/h12-13H,4-11,17H2,1-3H3;12-13,27H,4-11H2,1-3H3. The highest BCUT2D eigenvalue weighted by molar-refractivity contribution is 4.99. The van der Waals surface area contributed by atoms with Gasteiger partial charge in [-0.15, -0.1) is 20.4 Å². The van der Waals surface area contributed by atoms with Crippen LogP contribution in [0.15, 0.2) is 35.0 Å². The van der Waals surface area contributed by atoms with E-state index < -0.39 is 0 Å². The number of nitrogens with two attached hydrogens (primary N) is 1. The molecule has 54 heavy (non-hydrogen) atoms. The molecule has 0 aliphatic rings. The minimum atomic E-state index is -0.118. The van der Waals surface area contributed by atoms with Crippen LogP contribution >= 0.6 is 0 Å². The average molecular weight is 752 g/mol. The summed E-state index contributed by atoms with van der Waals surface area (Å²) in [5, 5.41) is 49.8. The molecule has 0 saturated carbocycles. The van der Waals surface area contributed by atoms with Gasteiger partial charge in [-0.1, -0.05) is 31.1 Å². The molecule has 4 heterocycles. The Kier molecular flexibility index (Phi) is 17.9. The van der Waals surface area contributed by atoms with E-state index in [1.54, 1.807) is 4.68 Å². The highest BCUT2D eigenvalue weighted by Crippen LogP contribution is 2.15. The summed E-state index contributed by atoms with van der Waals surface area (Å²) in [6.07, 6.45) is 10.8. The van der Waals surface area contributed by atoms with Gasteiger partial charge < -0.3 is 10.8 Å². The fourth-order valence-electron chi connectivity index (χ4n) is 5.09. The SMILES string of the molecule is CC(C)(C)n1cc(CN(CCCN=[N+]=[N-])Cc2cn(CCCN)nn2)nn1.CC(C)(C)n1cc(CN(CCCN=[N+]=[N-])Cc2cn(CCCO)nn2)nn1. The van der Waals surface area contributed by atoms with Crippen LogP contribution in [0.5, 0.6) is 0 Å². The Morgan fingerprint density at radius 3 is 1.37 bits per heavy atom. The molecule has 22 nitrogen and oxygen atoms in total. The Bertz CT molecular complexity index is 1600. The van der Waals surface area contributed by atoms with Crippen molar-refractivity contribution in [2.45, 2.75) is 118 Å². The Labute approximate surface area is 315 Å². The number of aryl methyl sites for hydroxylation is 2. The molecular formula is C32H57N21O. The maximum Gasteiger partial charge on any atom is 0.0967 e. The largest absolute Gasteiger partial charge is 0.396 e. The number of aliphatic hydroxyl groups excluding tert-OH is 1. The average Bonchev–Trinajstić information content (AvgIpc) is 3.95. The summed E-state index contributed by atoms with van der Waals surface area (Å²) in [6.45, 7) is 19.6. The van der Waals surface area contributed by atoms with Crippen LogP contribution < -0.4 is 5.73 Å². The molecule has 0 aliphatic carbocycles. The van der Waals surface area contributed by atoms with Crippen LogP contribution in [0.2, 0.25) is 0 Å². The van der Waals surface area contributed by atoms with Crippen molar-refractivity contribution in [2.24, 2.45) is 16.0 Å². The molecule has 4 aromatic heterocycles. The van der Waals surface area contributed by atoms with E-state index in [4.69, 9.17) is 21.9 Å². The molecule has 0 aromatic carbocycles. The first-order valence-electron chi connectivity index (χ1n) is 18.2. The van der Waals surface area contributed by atoms with Crippen molar-refractivity contribution in [3.8, 4) is 0 Å². The number of nitrogens with zero attached hydrogens (tertiary/aromatic N) is 20. The molecule has 0 aliphatic heterocycles. The zero-order chi connectivity index (χ0) is 39.4. The van der Waals surface area contributed by atoms with E-state index in [0.29, 0.717) is 58.8 Å². The maximum absolute atomic E-state index is 8.92. The zero-order valence-electron chi connectivity index (χ0n) is 32.6. The Balaban J connectivity index is 0.000000290. The van der Waals surface area contributed by atoms with Crippen LogP contribution in [-0.4, -0.2) is 114 Å². The molecule has 0 unspecified atom stereocenters. The van der Waals surface area contributed by atoms with Gasteiger partial charge in [-0.2, -0.15) is 0 Å². The van der Waals surface area contributed by atoms with Gasteiger partial charge in [0.05, 0.1) is 46.2 Å². The summed E-state index contributed by atoms with van der Waals surface area (Å²) in [6, 6.07) is 0. The number of aromatic nitrogens is 12. The smallest absolute Gasteiger partial charge is 0.0967 e. The van der Waals surface area contributed by atoms with Gasteiger partial charge in [0.15, 0.2) is 0 Å². The summed E-state index contributed by atoms with van der Waals surface area (Å²) >= 11 is 0. The lowest BCUT2D eigenvalue weighted by atomic mass is 10.1. The van der Waals surface area contributed by atoms with Gasteiger partial charge in [-0.3, -0.25) is 19.2 Å². The summed E-state index contributed by atoms with van der Waals surface area (Å²) in [5.74, 6) is 0. The summed E-state index contributed by atoms with van der Waals surface area (Å²) in [4.78, 5) is 10.00. The lowest BCUT2D eigenvalue weighted by molar-refractivity contribution is 0.248. The minimum absolute atomic E-state index is 0.108. The number of rotatable bonds is 22. The van der Waals surface area contributed by atoms with E-state index in [-0.39, 0.29) is 17.7 Å². The van der Waals surface area contributed by atoms with E-state index in [9.17, 15) is 0 Å². The highest BCUT2D eigenvalue weighted by atomic mass is 16.3. The Hall–Kier alpha value is -4.98. The van der Waals surface area contributed by atoms with Crippen molar-refractivity contribution in [2.75, 3.05) is 39.3 Å². The lowest BCUT2D eigenvalue weighted by Crippen LogP contribution is -2.25. The Morgan fingerprint density at radius 2 is 1.02 bits per heavy atom. The van der Waals surface area contributed by atoms with E-state index in [0.717, 1.165) is 61.7 Å². The zero-order valence-corrected chi connectivity index (χ0v) is 32.6. The maximum atomic E-state index is 8.92. The minimum Gasteiger partial charge on any atom is -0.396 e. The first kappa shape index (κ1) is 43.4. The van der Waals surface area contributed by atoms with Gasteiger partial charge in [0, 0.05) is 81.2 Å². The fourth-order valence-corrected chi connectivity index (χ4v) is 5.09. The third-order valence-corrected chi connectivity index (χ3v) is 7.90. The second-order valence-electron chi connectivity index (χ2n) is 14.9. The van der Waals surface area contributed by atoms with Crippen molar-refractivity contribution in [1.82, 2.24) is 69.8 Å².